The summed E-state index contributed by atoms with van der Waals surface area (Å²) in [5, 5.41) is 8.80. The summed E-state index contributed by atoms with van der Waals surface area (Å²) in [5.74, 6) is 0. The van der Waals surface area contributed by atoms with E-state index in [1.165, 1.54) is 11.6 Å². The molecule has 0 fully saturated rings. The Bertz CT molecular complexity index is 419. The van der Waals surface area contributed by atoms with Gasteiger partial charge in [0.15, 0.2) is 0 Å². The van der Waals surface area contributed by atoms with E-state index in [2.05, 4.69) is 0 Å². The van der Waals surface area contributed by atoms with Gasteiger partial charge in [-0.25, -0.2) is 4.79 Å². The molecular weight excluding hydrogens is 184 g/mol. The molecule has 1 N–H and O–H groups in total. The van der Waals surface area contributed by atoms with Crippen LogP contribution in [0.25, 0.3) is 0 Å². The summed E-state index contributed by atoms with van der Waals surface area (Å²) in [4.78, 5) is 23.0. The van der Waals surface area contributed by atoms with E-state index in [4.69, 9.17) is 5.11 Å². The average molecular weight is 198 g/mol. The summed E-state index contributed by atoms with van der Waals surface area (Å²) < 4.78 is 2.46. The fourth-order valence-electron chi connectivity index (χ4n) is 1.51. The van der Waals surface area contributed by atoms with Gasteiger partial charge in [-0.2, -0.15) is 0 Å². The Labute approximate surface area is 81.2 Å². The predicted octanol–water partition coefficient (Wildman–Crippen LogP) is -1.07. The standard InChI is InChI=1S/C9H14N2O3/c1-6-7(4-5-12)10(2)9(14)11(3)8(6)13/h12H,4-5H2,1-3H3. The van der Waals surface area contributed by atoms with Gasteiger partial charge in [-0.1, -0.05) is 0 Å². The molecule has 0 aliphatic rings. The van der Waals surface area contributed by atoms with E-state index < -0.39 is 0 Å². The first-order chi connectivity index (χ1) is 6.50. The summed E-state index contributed by atoms with van der Waals surface area (Å²) in [5.41, 5.74) is 0.463. The highest BCUT2D eigenvalue weighted by Gasteiger charge is 2.10. The Morgan fingerprint density at radius 2 is 1.79 bits per heavy atom. The minimum Gasteiger partial charge on any atom is -0.396 e. The summed E-state index contributed by atoms with van der Waals surface area (Å²) in [6.45, 7) is 1.59. The van der Waals surface area contributed by atoms with Gasteiger partial charge in [-0.3, -0.25) is 9.36 Å². The van der Waals surface area contributed by atoms with Crippen molar-refractivity contribution in [2.24, 2.45) is 14.1 Å². The third kappa shape index (κ3) is 1.50. The van der Waals surface area contributed by atoms with Crippen LogP contribution in [0.3, 0.4) is 0 Å². The normalized spacial score (nSPS) is 10.6. The smallest absolute Gasteiger partial charge is 0.330 e. The lowest BCUT2D eigenvalue weighted by Gasteiger charge is -2.11. The van der Waals surface area contributed by atoms with Gasteiger partial charge < -0.3 is 9.67 Å². The second kappa shape index (κ2) is 3.79. The summed E-state index contributed by atoms with van der Waals surface area (Å²) in [6, 6.07) is 0. The Morgan fingerprint density at radius 1 is 1.21 bits per heavy atom. The van der Waals surface area contributed by atoms with Gasteiger partial charge in [-0.05, 0) is 6.92 Å². The fraction of sp³-hybridized carbons (Fsp3) is 0.556. The zero-order chi connectivity index (χ0) is 10.9. The SMILES string of the molecule is Cc1c(CCO)n(C)c(=O)n(C)c1=O. The molecule has 0 aromatic carbocycles. The number of hydrogen-bond donors (Lipinski definition) is 1. The van der Waals surface area contributed by atoms with Gasteiger partial charge in [-0.15, -0.1) is 0 Å². The second-order valence-corrected chi connectivity index (χ2v) is 3.25. The maximum Gasteiger partial charge on any atom is 0.330 e. The van der Waals surface area contributed by atoms with Crippen molar-refractivity contribution in [3.63, 3.8) is 0 Å². The molecule has 0 aliphatic heterocycles. The lowest BCUT2D eigenvalue weighted by Crippen LogP contribution is -2.40. The van der Waals surface area contributed by atoms with Crippen LogP contribution >= 0.6 is 0 Å². The molecule has 0 amide bonds. The number of nitrogens with zero attached hydrogens (tertiary/aromatic N) is 2. The molecule has 0 bridgehead atoms. The van der Waals surface area contributed by atoms with Crippen LogP contribution in [0, 0.1) is 6.92 Å². The van der Waals surface area contributed by atoms with Gasteiger partial charge in [0.2, 0.25) is 0 Å². The van der Waals surface area contributed by atoms with Crippen LogP contribution in [0.2, 0.25) is 0 Å². The van der Waals surface area contributed by atoms with Crippen molar-refractivity contribution in [3.05, 3.63) is 32.1 Å². The first-order valence-corrected chi connectivity index (χ1v) is 4.37. The Kier molecular flexibility index (Phi) is 2.90. The Hall–Kier alpha value is -1.36. The zero-order valence-corrected chi connectivity index (χ0v) is 8.57. The van der Waals surface area contributed by atoms with Crippen LogP contribution in [0.15, 0.2) is 9.59 Å². The number of aliphatic hydroxyl groups excluding tert-OH is 1. The van der Waals surface area contributed by atoms with Crippen molar-refractivity contribution >= 4 is 0 Å². The van der Waals surface area contributed by atoms with Crippen molar-refractivity contribution in [2.75, 3.05) is 6.61 Å². The van der Waals surface area contributed by atoms with E-state index in [-0.39, 0.29) is 17.9 Å². The van der Waals surface area contributed by atoms with Crippen molar-refractivity contribution < 1.29 is 5.11 Å². The van der Waals surface area contributed by atoms with Gasteiger partial charge >= 0.3 is 5.69 Å². The predicted molar refractivity (Wildman–Crippen MR) is 52.5 cm³/mol. The molecule has 5 nitrogen and oxygen atoms in total. The molecule has 0 unspecified atom stereocenters. The molecule has 5 heteroatoms. The van der Waals surface area contributed by atoms with Gasteiger partial charge in [0.25, 0.3) is 5.56 Å². The van der Waals surface area contributed by atoms with Gasteiger partial charge in [0.05, 0.1) is 0 Å². The molecule has 1 aromatic heterocycles. The quantitative estimate of drug-likeness (QED) is 0.658. The third-order valence-corrected chi connectivity index (χ3v) is 2.39. The molecule has 0 radical (unpaired) electrons. The molecule has 0 saturated heterocycles. The van der Waals surface area contributed by atoms with Crippen LogP contribution < -0.4 is 11.2 Å². The van der Waals surface area contributed by atoms with E-state index in [1.807, 2.05) is 0 Å². The van der Waals surface area contributed by atoms with Gasteiger partial charge in [0.1, 0.15) is 0 Å². The first kappa shape index (κ1) is 10.7. The van der Waals surface area contributed by atoms with E-state index in [0.29, 0.717) is 17.7 Å². The third-order valence-electron chi connectivity index (χ3n) is 2.39. The molecule has 0 atom stereocenters. The lowest BCUT2D eigenvalue weighted by molar-refractivity contribution is 0.295. The summed E-state index contributed by atoms with van der Waals surface area (Å²) in [6.07, 6.45) is 0.327. The van der Waals surface area contributed by atoms with Crippen LogP contribution in [0.5, 0.6) is 0 Å². The molecule has 14 heavy (non-hydrogen) atoms. The van der Waals surface area contributed by atoms with E-state index in [9.17, 15) is 9.59 Å². The highest BCUT2D eigenvalue weighted by molar-refractivity contribution is 5.16. The van der Waals surface area contributed by atoms with Crippen molar-refractivity contribution in [2.45, 2.75) is 13.3 Å². The van der Waals surface area contributed by atoms with Gasteiger partial charge in [0, 0.05) is 38.4 Å². The van der Waals surface area contributed by atoms with Crippen molar-refractivity contribution in [3.8, 4) is 0 Å². The summed E-state index contributed by atoms with van der Waals surface area (Å²) in [7, 11) is 3.04. The summed E-state index contributed by atoms with van der Waals surface area (Å²) >= 11 is 0. The highest BCUT2D eigenvalue weighted by Crippen LogP contribution is 1.99. The van der Waals surface area contributed by atoms with E-state index in [0.717, 1.165) is 4.57 Å². The minimum atomic E-state index is -0.357. The monoisotopic (exact) mass is 198 g/mol. The zero-order valence-electron chi connectivity index (χ0n) is 8.57. The molecule has 78 valence electrons. The first-order valence-electron chi connectivity index (χ1n) is 4.37. The maximum atomic E-state index is 11.5. The molecule has 0 spiro atoms. The molecule has 0 saturated carbocycles. The van der Waals surface area contributed by atoms with Crippen LogP contribution in [0.1, 0.15) is 11.3 Å². The lowest BCUT2D eigenvalue weighted by atomic mass is 10.2. The van der Waals surface area contributed by atoms with Crippen molar-refractivity contribution in [1.29, 1.82) is 0 Å². The fourth-order valence-corrected chi connectivity index (χ4v) is 1.51. The van der Waals surface area contributed by atoms with Crippen LogP contribution in [-0.4, -0.2) is 20.8 Å². The average Bonchev–Trinajstić information content (AvgIpc) is 2.19. The molecular formula is C9H14N2O3. The number of hydrogen-bond acceptors (Lipinski definition) is 3. The highest BCUT2D eigenvalue weighted by atomic mass is 16.3. The number of aromatic nitrogens is 2. The topological polar surface area (TPSA) is 64.2 Å². The Morgan fingerprint density at radius 3 is 2.29 bits per heavy atom. The molecule has 0 aliphatic carbocycles. The Balaban J connectivity index is 3.60. The van der Waals surface area contributed by atoms with E-state index >= 15 is 0 Å². The maximum absolute atomic E-state index is 11.5. The molecule has 1 aromatic rings. The number of aliphatic hydroxyl groups is 1. The largest absolute Gasteiger partial charge is 0.396 e. The van der Waals surface area contributed by atoms with Crippen molar-refractivity contribution in [1.82, 2.24) is 9.13 Å². The number of rotatable bonds is 2. The second-order valence-electron chi connectivity index (χ2n) is 3.25. The van der Waals surface area contributed by atoms with E-state index in [1.54, 1.807) is 14.0 Å². The molecule has 1 rings (SSSR count). The van der Waals surface area contributed by atoms with Crippen LogP contribution in [0.4, 0.5) is 0 Å². The molecule has 1 heterocycles. The van der Waals surface area contributed by atoms with Crippen LogP contribution in [-0.2, 0) is 20.5 Å². The minimum absolute atomic E-state index is 0.0682.